The standard InChI is InChI=1S/C21H27N5O/c1-15-18-6-4-5-7-19(18)27-20(15)12-23-21(22-2)26-9-8-16(14-26)10-17-11-24-25(3)13-17/h4-7,11,13,16H,8-10,12,14H2,1-3H3,(H,22,23). The van der Waals surface area contributed by atoms with Gasteiger partial charge in [-0.15, -0.1) is 0 Å². The number of nitrogens with zero attached hydrogens (tertiary/aromatic N) is 4. The Kier molecular flexibility index (Phi) is 4.88. The van der Waals surface area contributed by atoms with E-state index >= 15 is 0 Å². The molecule has 1 aromatic carbocycles. The van der Waals surface area contributed by atoms with Crippen molar-refractivity contribution in [3.8, 4) is 0 Å². The molecule has 1 saturated heterocycles. The van der Waals surface area contributed by atoms with Gasteiger partial charge in [0.15, 0.2) is 5.96 Å². The highest BCUT2D eigenvalue weighted by Crippen LogP contribution is 2.25. The first-order valence-electron chi connectivity index (χ1n) is 9.54. The van der Waals surface area contributed by atoms with E-state index < -0.39 is 0 Å². The molecular formula is C21H27N5O. The number of nitrogens with one attached hydrogen (secondary N) is 1. The normalized spacial score (nSPS) is 17.8. The fourth-order valence-electron chi connectivity index (χ4n) is 3.99. The predicted molar refractivity (Wildman–Crippen MR) is 108 cm³/mol. The number of fused-ring (bicyclic) bond motifs is 1. The number of benzene rings is 1. The molecule has 6 nitrogen and oxygen atoms in total. The van der Waals surface area contributed by atoms with E-state index in [2.05, 4.69) is 39.5 Å². The summed E-state index contributed by atoms with van der Waals surface area (Å²) in [6.45, 7) is 4.82. The molecule has 3 aromatic rings. The summed E-state index contributed by atoms with van der Waals surface area (Å²) in [6, 6.07) is 8.18. The number of hydrogen-bond donors (Lipinski definition) is 1. The van der Waals surface area contributed by atoms with Gasteiger partial charge in [0.05, 0.1) is 12.7 Å². The number of guanidine groups is 1. The maximum atomic E-state index is 6.01. The molecule has 1 unspecified atom stereocenters. The van der Waals surface area contributed by atoms with E-state index in [0.29, 0.717) is 12.5 Å². The maximum absolute atomic E-state index is 6.01. The molecule has 0 saturated carbocycles. The molecule has 1 fully saturated rings. The lowest BCUT2D eigenvalue weighted by molar-refractivity contribution is 0.452. The zero-order valence-electron chi connectivity index (χ0n) is 16.3. The topological polar surface area (TPSA) is 58.6 Å². The van der Waals surface area contributed by atoms with Crippen LogP contribution in [0.5, 0.6) is 0 Å². The number of likely N-dealkylation sites (tertiary alicyclic amines) is 1. The fraction of sp³-hybridized carbons (Fsp3) is 0.429. The molecule has 3 heterocycles. The molecule has 0 aliphatic carbocycles. The van der Waals surface area contributed by atoms with Gasteiger partial charge in [-0.3, -0.25) is 9.67 Å². The molecule has 27 heavy (non-hydrogen) atoms. The monoisotopic (exact) mass is 365 g/mol. The number of aromatic nitrogens is 2. The molecule has 4 rings (SSSR count). The smallest absolute Gasteiger partial charge is 0.194 e. The Balaban J connectivity index is 1.37. The highest BCUT2D eigenvalue weighted by atomic mass is 16.3. The zero-order chi connectivity index (χ0) is 18.8. The zero-order valence-corrected chi connectivity index (χ0v) is 16.3. The van der Waals surface area contributed by atoms with Gasteiger partial charge in [-0.1, -0.05) is 18.2 Å². The molecule has 1 N–H and O–H groups in total. The van der Waals surface area contributed by atoms with Crippen LogP contribution >= 0.6 is 0 Å². The van der Waals surface area contributed by atoms with Crippen molar-refractivity contribution in [1.82, 2.24) is 20.0 Å². The van der Waals surface area contributed by atoms with Gasteiger partial charge in [0, 0.05) is 44.3 Å². The van der Waals surface area contributed by atoms with Crippen molar-refractivity contribution in [3.63, 3.8) is 0 Å². The maximum Gasteiger partial charge on any atom is 0.194 e. The number of furan rings is 1. The molecule has 1 atom stereocenters. The van der Waals surface area contributed by atoms with Gasteiger partial charge in [0.1, 0.15) is 11.3 Å². The van der Waals surface area contributed by atoms with Crippen molar-refractivity contribution >= 4 is 16.9 Å². The number of aliphatic imine (C=N–C) groups is 1. The van der Waals surface area contributed by atoms with Gasteiger partial charge < -0.3 is 14.6 Å². The third kappa shape index (κ3) is 3.70. The Morgan fingerprint density at radius 2 is 2.22 bits per heavy atom. The Bertz CT molecular complexity index is 955. The van der Waals surface area contributed by atoms with Crippen molar-refractivity contribution in [2.75, 3.05) is 20.1 Å². The minimum Gasteiger partial charge on any atom is -0.459 e. The van der Waals surface area contributed by atoms with E-state index in [0.717, 1.165) is 36.8 Å². The number of para-hydroxylation sites is 1. The SMILES string of the molecule is CN=C(NCc1oc2ccccc2c1C)N1CCC(Cc2cnn(C)c2)C1. The van der Waals surface area contributed by atoms with Crippen molar-refractivity contribution < 1.29 is 4.42 Å². The van der Waals surface area contributed by atoms with Crippen LogP contribution in [0.4, 0.5) is 0 Å². The van der Waals surface area contributed by atoms with Gasteiger partial charge in [0.2, 0.25) is 0 Å². The quantitative estimate of drug-likeness (QED) is 0.570. The van der Waals surface area contributed by atoms with E-state index in [1.165, 1.54) is 22.9 Å². The third-order valence-corrected chi connectivity index (χ3v) is 5.43. The molecule has 0 amide bonds. The number of rotatable bonds is 4. The van der Waals surface area contributed by atoms with Gasteiger partial charge >= 0.3 is 0 Å². The van der Waals surface area contributed by atoms with Gasteiger partial charge in [-0.25, -0.2) is 0 Å². The van der Waals surface area contributed by atoms with E-state index in [9.17, 15) is 0 Å². The summed E-state index contributed by atoms with van der Waals surface area (Å²) in [5, 5.41) is 8.94. The second-order valence-electron chi connectivity index (χ2n) is 7.37. The average molecular weight is 365 g/mol. The van der Waals surface area contributed by atoms with E-state index in [1.807, 2.05) is 43.2 Å². The minimum absolute atomic E-state index is 0.640. The summed E-state index contributed by atoms with van der Waals surface area (Å²) in [6.07, 6.45) is 6.34. The summed E-state index contributed by atoms with van der Waals surface area (Å²) in [5.74, 6) is 2.56. The van der Waals surface area contributed by atoms with Crippen LogP contribution in [0, 0.1) is 12.8 Å². The first-order chi connectivity index (χ1) is 13.1. The van der Waals surface area contributed by atoms with Crippen LogP contribution in [-0.4, -0.2) is 40.8 Å². The molecule has 1 aliphatic rings. The Hall–Kier alpha value is -2.76. The molecule has 1 aliphatic heterocycles. The second-order valence-corrected chi connectivity index (χ2v) is 7.37. The van der Waals surface area contributed by atoms with Crippen LogP contribution in [0.3, 0.4) is 0 Å². The lowest BCUT2D eigenvalue weighted by Crippen LogP contribution is -2.39. The fourth-order valence-corrected chi connectivity index (χ4v) is 3.99. The lowest BCUT2D eigenvalue weighted by Gasteiger charge is -2.21. The molecule has 2 aromatic heterocycles. The van der Waals surface area contributed by atoms with Crippen molar-refractivity contribution in [2.24, 2.45) is 18.0 Å². The van der Waals surface area contributed by atoms with Gasteiger partial charge in [-0.05, 0) is 37.3 Å². The molecule has 142 valence electrons. The van der Waals surface area contributed by atoms with Gasteiger partial charge in [0.25, 0.3) is 0 Å². The molecular weight excluding hydrogens is 338 g/mol. The van der Waals surface area contributed by atoms with Crippen molar-refractivity contribution in [1.29, 1.82) is 0 Å². The second kappa shape index (κ2) is 7.47. The van der Waals surface area contributed by atoms with Crippen molar-refractivity contribution in [3.05, 3.63) is 53.5 Å². The molecule has 6 heteroatoms. The highest BCUT2D eigenvalue weighted by Gasteiger charge is 2.25. The summed E-state index contributed by atoms with van der Waals surface area (Å²) >= 11 is 0. The Morgan fingerprint density at radius 1 is 1.37 bits per heavy atom. The Morgan fingerprint density at radius 3 is 2.96 bits per heavy atom. The summed E-state index contributed by atoms with van der Waals surface area (Å²) in [4.78, 5) is 6.83. The van der Waals surface area contributed by atoms with E-state index in [4.69, 9.17) is 4.42 Å². The van der Waals surface area contributed by atoms with E-state index in [1.54, 1.807) is 0 Å². The summed E-state index contributed by atoms with van der Waals surface area (Å²) in [7, 11) is 3.82. The number of aryl methyl sites for hydroxylation is 2. The molecule has 0 radical (unpaired) electrons. The van der Waals surface area contributed by atoms with Crippen LogP contribution < -0.4 is 5.32 Å². The van der Waals surface area contributed by atoms with Crippen LogP contribution in [0.2, 0.25) is 0 Å². The summed E-state index contributed by atoms with van der Waals surface area (Å²) in [5.41, 5.74) is 3.45. The largest absolute Gasteiger partial charge is 0.459 e. The predicted octanol–water partition coefficient (Wildman–Crippen LogP) is 3.11. The first kappa shape index (κ1) is 17.6. The van der Waals surface area contributed by atoms with Crippen molar-refractivity contribution in [2.45, 2.75) is 26.3 Å². The van der Waals surface area contributed by atoms with E-state index in [-0.39, 0.29) is 0 Å². The lowest BCUT2D eigenvalue weighted by atomic mass is 10.0. The summed E-state index contributed by atoms with van der Waals surface area (Å²) < 4.78 is 7.89. The van der Waals surface area contributed by atoms with Gasteiger partial charge in [-0.2, -0.15) is 5.10 Å². The van der Waals surface area contributed by atoms with Crippen LogP contribution in [0.1, 0.15) is 23.3 Å². The first-order valence-corrected chi connectivity index (χ1v) is 9.54. The molecule has 0 bridgehead atoms. The van der Waals surface area contributed by atoms with Crippen LogP contribution in [-0.2, 0) is 20.0 Å². The Labute approximate surface area is 159 Å². The molecule has 0 spiro atoms. The average Bonchev–Trinajstić information content (AvgIpc) is 3.37. The third-order valence-electron chi connectivity index (χ3n) is 5.43. The van der Waals surface area contributed by atoms with Crippen LogP contribution in [0.25, 0.3) is 11.0 Å². The van der Waals surface area contributed by atoms with Crippen LogP contribution in [0.15, 0.2) is 46.1 Å². The highest BCUT2D eigenvalue weighted by molar-refractivity contribution is 5.83. The number of hydrogen-bond acceptors (Lipinski definition) is 3. The minimum atomic E-state index is 0.640.